The molecule has 0 aliphatic carbocycles. The second kappa shape index (κ2) is 11.5. The molecule has 2 aromatic carbocycles. The predicted molar refractivity (Wildman–Crippen MR) is 169 cm³/mol. The first-order chi connectivity index (χ1) is 21.6. The number of anilines is 1. The van der Waals surface area contributed by atoms with Crippen molar-refractivity contribution < 1.29 is 24.2 Å². The molecular weight excluding hydrogens is 572 g/mol. The third kappa shape index (κ3) is 4.59. The van der Waals surface area contributed by atoms with Crippen molar-refractivity contribution in [3.8, 4) is 0 Å². The van der Waals surface area contributed by atoms with E-state index in [1.54, 1.807) is 33.6 Å². The molecule has 3 fully saturated rings. The van der Waals surface area contributed by atoms with Crippen LogP contribution in [0.25, 0.3) is 11.0 Å². The molecule has 0 saturated carbocycles. The Morgan fingerprint density at radius 2 is 1.80 bits per heavy atom. The largest absolute Gasteiger partial charge is 0.394 e. The smallest absolute Gasteiger partial charge is 0.250 e. The normalized spacial score (nSPS) is 29.1. The fourth-order valence-corrected chi connectivity index (χ4v) is 7.85. The number of ether oxygens (including phenoxy) is 1. The zero-order valence-electron chi connectivity index (χ0n) is 26.0. The number of carbonyl (C=O) groups excluding carboxylic acids is 3. The van der Waals surface area contributed by atoms with Crippen LogP contribution in [0.2, 0.25) is 0 Å². The topological polar surface area (TPSA) is 121 Å². The van der Waals surface area contributed by atoms with Crippen LogP contribution in [0.1, 0.15) is 27.2 Å². The maximum absolute atomic E-state index is 14.8. The fourth-order valence-electron chi connectivity index (χ4n) is 7.85. The summed E-state index contributed by atoms with van der Waals surface area (Å²) in [6.45, 7) is 13.5. The van der Waals surface area contributed by atoms with Crippen LogP contribution in [0.3, 0.4) is 0 Å². The van der Waals surface area contributed by atoms with Gasteiger partial charge in [0.25, 0.3) is 0 Å². The maximum Gasteiger partial charge on any atom is 0.250 e. The molecule has 3 unspecified atom stereocenters. The van der Waals surface area contributed by atoms with Gasteiger partial charge < -0.3 is 24.5 Å². The third-order valence-electron chi connectivity index (χ3n) is 10.0. The predicted octanol–water partition coefficient (Wildman–Crippen LogP) is 3.01. The summed E-state index contributed by atoms with van der Waals surface area (Å²) < 4.78 is 8.56. The fraction of sp³-hybridized carbons (Fsp3) is 0.441. The number of hydrogen-bond acceptors (Lipinski definition) is 7. The van der Waals surface area contributed by atoms with Crippen molar-refractivity contribution in [1.82, 2.24) is 24.8 Å². The van der Waals surface area contributed by atoms with Crippen molar-refractivity contribution in [3.05, 3.63) is 79.9 Å². The molecule has 3 aliphatic heterocycles. The summed E-state index contributed by atoms with van der Waals surface area (Å²) in [6.07, 6.45) is 3.69. The van der Waals surface area contributed by atoms with Crippen LogP contribution < -0.4 is 4.90 Å². The molecule has 3 amide bonds. The van der Waals surface area contributed by atoms with E-state index in [2.05, 4.69) is 23.5 Å². The average molecular weight is 613 g/mol. The molecule has 7 atom stereocenters. The molecule has 236 valence electrons. The number of carbonyl (C=O) groups is 3. The summed E-state index contributed by atoms with van der Waals surface area (Å²) >= 11 is 0. The second-order valence-electron chi connectivity index (χ2n) is 12.6. The Hall–Kier alpha value is -4.35. The molecule has 1 aromatic heterocycles. The number of hydrogen-bond donors (Lipinski definition) is 1. The van der Waals surface area contributed by atoms with Gasteiger partial charge in [0.05, 0.1) is 35.6 Å². The Morgan fingerprint density at radius 3 is 2.49 bits per heavy atom. The second-order valence-corrected chi connectivity index (χ2v) is 12.6. The Kier molecular flexibility index (Phi) is 7.86. The van der Waals surface area contributed by atoms with E-state index in [0.29, 0.717) is 17.6 Å². The molecule has 3 saturated heterocycles. The summed E-state index contributed by atoms with van der Waals surface area (Å²) in [5, 5.41) is 18.8. The number of para-hydroxylation sites is 2. The molecule has 45 heavy (non-hydrogen) atoms. The van der Waals surface area contributed by atoms with Gasteiger partial charge in [0.15, 0.2) is 0 Å². The number of aliphatic hydroxyl groups excluding tert-OH is 1. The van der Waals surface area contributed by atoms with Gasteiger partial charge in [-0.3, -0.25) is 14.4 Å². The molecule has 6 rings (SSSR count). The summed E-state index contributed by atoms with van der Waals surface area (Å²) in [4.78, 5) is 48.6. The highest BCUT2D eigenvalue weighted by molar-refractivity contribution is 6.03. The standard InChI is InChI=1S/C34H40N6O5/c1-6-17-37(21-39-26-16-12-11-15-25(26)35-36-39)32(44)29-34-19-22(3)33(5,45-34)27(28(34)31(43)40(29)23(4)20-41)30(42)38(18-7-2)24-13-9-8-10-14-24/h6-16,22-23,27-29,41H,1-2,17-21H2,3-5H3/t22?,23-,27+,28+,29?,33-,34?/m1/s1. The molecule has 0 radical (unpaired) electrons. The quantitative estimate of drug-likeness (QED) is 0.331. The first kappa shape index (κ1) is 30.7. The van der Waals surface area contributed by atoms with Gasteiger partial charge in [-0.2, -0.15) is 0 Å². The van der Waals surface area contributed by atoms with E-state index in [1.165, 1.54) is 4.90 Å². The number of amides is 3. The van der Waals surface area contributed by atoms with Crippen LogP contribution in [0.5, 0.6) is 0 Å². The van der Waals surface area contributed by atoms with Crippen molar-refractivity contribution in [1.29, 1.82) is 0 Å². The number of likely N-dealkylation sites (tertiary alicyclic amines) is 1. The number of benzene rings is 2. The van der Waals surface area contributed by atoms with Gasteiger partial charge in [0.2, 0.25) is 17.7 Å². The molecule has 11 nitrogen and oxygen atoms in total. The zero-order valence-corrected chi connectivity index (χ0v) is 26.0. The molecule has 2 bridgehead atoms. The van der Waals surface area contributed by atoms with Crippen molar-refractivity contribution in [2.24, 2.45) is 17.8 Å². The van der Waals surface area contributed by atoms with Gasteiger partial charge in [-0.1, -0.05) is 54.6 Å². The SMILES string of the molecule is C=CCN(Cn1nnc2ccccc21)C(=O)C1N([C@H](C)CO)C(=O)[C@@H]2[C@@H](C(=O)N(CC=C)c3ccccc3)[C@]3(C)OC12CC3C. The van der Waals surface area contributed by atoms with Gasteiger partial charge >= 0.3 is 0 Å². The van der Waals surface area contributed by atoms with E-state index >= 15 is 0 Å². The molecule has 4 heterocycles. The van der Waals surface area contributed by atoms with Crippen molar-refractivity contribution in [2.45, 2.75) is 57.1 Å². The van der Waals surface area contributed by atoms with Crippen molar-refractivity contribution >= 4 is 34.4 Å². The minimum atomic E-state index is -1.27. The van der Waals surface area contributed by atoms with E-state index in [9.17, 15) is 19.5 Å². The van der Waals surface area contributed by atoms with E-state index in [-0.39, 0.29) is 50.0 Å². The van der Waals surface area contributed by atoms with E-state index in [1.807, 2.05) is 68.4 Å². The molecule has 3 aliphatic rings. The third-order valence-corrected chi connectivity index (χ3v) is 10.0. The summed E-state index contributed by atoms with van der Waals surface area (Å²) in [5.74, 6) is -2.88. The first-order valence-corrected chi connectivity index (χ1v) is 15.4. The maximum atomic E-state index is 14.8. The van der Waals surface area contributed by atoms with E-state index in [4.69, 9.17) is 4.74 Å². The minimum absolute atomic E-state index is 0.0639. The Balaban J connectivity index is 1.43. The molecular formula is C34H40N6O5. The monoisotopic (exact) mass is 612 g/mol. The lowest BCUT2D eigenvalue weighted by atomic mass is 9.62. The number of aliphatic hydroxyl groups is 1. The lowest BCUT2D eigenvalue weighted by Crippen LogP contribution is -2.58. The van der Waals surface area contributed by atoms with Gasteiger partial charge in [-0.15, -0.1) is 18.3 Å². The van der Waals surface area contributed by atoms with E-state index < -0.39 is 35.1 Å². The lowest BCUT2D eigenvalue weighted by molar-refractivity contribution is -0.156. The molecule has 1 spiro atoms. The highest BCUT2D eigenvalue weighted by atomic mass is 16.5. The number of rotatable bonds is 11. The highest BCUT2D eigenvalue weighted by Crippen LogP contribution is 2.66. The first-order valence-electron chi connectivity index (χ1n) is 15.4. The van der Waals surface area contributed by atoms with Gasteiger partial charge in [-0.25, -0.2) is 4.68 Å². The molecule has 11 heteroatoms. The van der Waals surface area contributed by atoms with Crippen molar-refractivity contribution in [2.75, 3.05) is 24.6 Å². The lowest BCUT2D eigenvalue weighted by Gasteiger charge is -2.39. The van der Waals surface area contributed by atoms with Gasteiger partial charge in [0, 0.05) is 18.8 Å². The Bertz CT molecular complexity index is 1640. The minimum Gasteiger partial charge on any atom is -0.394 e. The molecule has 1 N–H and O–H groups in total. The Labute approximate surface area is 262 Å². The summed E-state index contributed by atoms with van der Waals surface area (Å²) in [7, 11) is 0. The van der Waals surface area contributed by atoms with Crippen LogP contribution in [0.4, 0.5) is 5.69 Å². The average Bonchev–Trinajstić information content (AvgIpc) is 3.72. The number of fused-ring (bicyclic) bond motifs is 2. The van der Waals surface area contributed by atoms with Crippen molar-refractivity contribution in [3.63, 3.8) is 0 Å². The van der Waals surface area contributed by atoms with E-state index in [0.717, 1.165) is 5.52 Å². The van der Waals surface area contributed by atoms with Crippen LogP contribution in [0.15, 0.2) is 79.9 Å². The van der Waals surface area contributed by atoms with Crippen LogP contribution in [-0.4, -0.2) is 90.6 Å². The highest BCUT2D eigenvalue weighted by Gasteiger charge is 2.80. The van der Waals surface area contributed by atoms with Crippen LogP contribution >= 0.6 is 0 Å². The molecule has 3 aromatic rings. The number of nitrogens with zero attached hydrogens (tertiary/aromatic N) is 6. The van der Waals surface area contributed by atoms with Gasteiger partial charge in [-0.05, 0) is 50.5 Å². The van der Waals surface area contributed by atoms with Crippen LogP contribution in [-0.2, 0) is 25.8 Å². The Morgan fingerprint density at radius 1 is 1.11 bits per heavy atom. The summed E-state index contributed by atoms with van der Waals surface area (Å²) in [6, 6.07) is 15.0. The number of aromatic nitrogens is 3. The van der Waals surface area contributed by atoms with Gasteiger partial charge in [0.1, 0.15) is 23.8 Å². The van der Waals surface area contributed by atoms with Crippen LogP contribution in [0, 0.1) is 17.8 Å². The zero-order chi connectivity index (χ0) is 32.1. The summed E-state index contributed by atoms with van der Waals surface area (Å²) in [5.41, 5.74) is -0.133.